The molecular weight excluding hydrogens is 264 g/mol. The molecule has 0 aliphatic carbocycles. The van der Waals surface area contributed by atoms with Crippen LogP contribution in [-0.2, 0) is 0 Å². The summed E-state index contributed by atoms with van der Waals surface area (Å²) in [5.74, 6) is -0.0363. The molecule has 0 radical (unpaired) electrons. The van der Waals surface area contributed by atoms with E-state index in [4.69, 9.17) is 0 Å². The van der Waals surface area contributed by atoms with Crippen LogP contribution in [0.2, 0.25) is 0 Å². The minimum Gasteiger partial charge on any atom is -0.508 e. The van der Waals surface area contributed by atoms with Gasteiger partial charge in [-0.1, -0.05) is 6.07 Å². The number of phenols is 1. The molecule has 1 fully saturated rings. The van der Waals surface area contributed by atoms with Crippen molar-refractivity contribution in [2.45, 2.75) is 12.8 Å². The quantitative estimate of drug-likeness (QED) is 0.908. The van der Waals surface area contributed by atoms with E-state index in [-0.39, 0.29) is 11.7 Å². The third kappa shape index (κ3) is 3.16. The number of benzene rings is 2. The molecule has 0 atom stereocenters. The van der Waals surface area contributed by atoms with Gasteiger partial charge < -0.3 is 15.3 Å². The van der Waals surface area contributed by atoms with E-state index in [9.17, 15) is 9.90 Å². The lowest BCUT2D eigenvalue weighted by atomic mass is 10.1. The summed E-state index contributed by atoms with van der Waals surface area (Å²) in [7, 11) is 0. The molecule has 0 spiro atoms. The van der Waals surface area contributed by atoms with Crippen LogP contribution in [-0.4, -0.2) is 24.1 Å². The van der Waals surface area contributed by atoms with E-state index in [0.717, 1.165) is 13.1 Å². The molecule has 0 unspecified atom stereocenters. The lowest BCUT2D eigenvalue weighted by Crippen LogP contribution is -2.18. The maximum atomic E-state index is 12.2. The van der Waals surface area contributed by atoms with Gasteiger partial charge in [0.15, 0.2) is 0 Å². The smallest absolute Gasteiger partial charge is 0.255 e. The van der Waals surface area contributed by atoms with Gasteiger partial charge in [0, 0.05) is 36.1 Å². The first-order valence-electron chi connectivity index (χ1n) is 7.18. The number of hydrogen-bond donors (Lipinski definition) is 2. The molecule has 2 aromatic rings. The molecular formula is C17H18N2O2. The lowest BCUT2D eigenvalue weighted by Gasteiger charge is -2.17. The second-order valence-corrected chi connectivity index (χ2v) is 5.25. The Kier molecular flexibility index (Phi) is 3.77. The van der Waals surface area contributed by atoms with Crippen molar-refractivity contribution in [2.75, 3.05) is 23.3 Å². The van der Waals surface area contributed by atoms with E-state index in [0.29, 0.717) is 11.3 Å². The highest BCUT2D eigenvalue weighted by molar-refractivity contribution is 6.04. The standard InChI is InChI=1S/C17H18N2O2/c20-16-5-3-4-14(12-16)18-17(21)13-6-8-15(9-7-13)19-10-1-2-11-19/h3-9,12,20H,1-2,10-11H2,(H,18,21). The van der Waals surface area contributed by atoms with Crippen LogP contribution in [0.15, 0.2) is 48.5 Å². The van der Waals surface area contributed by atoms with Crippen LogP contribution in [0.1, 0.15) is 23.2 Å². The minimum atomic E-state index is -0.173. The number of phenolic OH excluding ortho intramolecular Hbond substituents is 1. The van der Waals surface area contributed by atoms with Crippen molar-refractivity contribution in [3.05, 3.63) is 54.1 Å². The van der Waals surface area contributed by atoms with Crippen LogP contribution in [0.5, 0.6) is 5.75 Å². The minimum absolute atomic E-state index is 0.136. The van der Waals surface area contributed by atoms with Gasteiger partial charge in [0.1, 0.15) is 5.75 Å². The van der Waals surface area contributed by atoms with Gasteiger partial charge in [0.25, 0.3) is 5.91 Å². The summed E-state index contributed by atoms with van der Waals surface area (Å²) in [6.07, 6.45) is 2.47. The largest absolute Gasteiger partial charge is 0.508 e. The number of amides is 1. The Balaban J connectivity index is 1.70. The molecule has 1 heterocycles. The molecule has 4 heteroatoms. The van der Waals surface area contributed by atoms with Crippen LogP contribution in [0.3, 0.4) is 0 Å². The predicted molar refractivity (Wildman–Crippen MR) is 83.9 cm³/mol. The normalized spacial score (nSPS) is 14.2. The number of nitrogens with one attached hydrogen (secondary N) is 1. The summed E-state index contributed by atoms with van der Waals surface area (Å²) in [4.78, 5) is 14.5. The zero-order chi connectivity index (χ0) is 14.7. The third-order valence-corrected chi connectivity index (χ3v) is 3.70. The molecule has 4 nitrogen and oxygen atoms in total. The van der Waals surface area contributed by atoms with Crippen LogP contribution in [0.25, 0.3) is 0 Å². The molecule has 0 bridgehead atoms. The Labute approximate surface area is 124 Å². The average Bonchev–Trinajstić information content (AvgIpc) is 3.01. The molecule has 3 rings (SSSR count). The molecule has 2 aromatic carbocycles. The van der Waals surface area contributed by atoms with Gasteiger partial charge in [-0.15, -0.1) is 0 Å². The van der Waals surface area contributed by atoms with E-state index in [1.165, 1.54) is 24.6 Å². The Hall–Kier alpha value is -2.49. The number of rotatable bonds is 3. The monoisotopic (exact) mass is 282 g/mol. The molecule has 108 valence electrons. The number of nitrogens with zero attached hydrogens (tertiary/aromatic N) is 1. The van der Waals surface area contributed by atoms with Crippen LogP contribution >= 0.6 is 0 Å². The van der Waals surface area contributed by atoms with E-state index >= 15 is 0 Å². The zero-order valence-corrected chi connectivity index (χ0v) is 11.7. The van der Waals surface area contributed by atoms with Crippen LogP contribution in [0, 0.1) is 0 Å². The van der Waals surface area contributed by atoms with Crippen molar-refractivity contribution >= 4 is 17.3 Å². The molecule has 2 N–H and O–H groups in total. The number of hydrogen-bond acceptors (Lipinski definition) is 3. The van der Waals surface area contributed by atoms with Gasteiger partial charge in [-0.2, -0.15) is 0 Å². The van der Waals surface area contributed by atoms with E-state index in [1.807, 2.05) is 24.3 Å². The van der Waals surface area contributed by atoms with Crippen molar-refractivity contribution in [2.24, 2.45) is 0 Å². The van der Waals surface area contributed by atoms with Crippen LogP contribution < -0.4 is 10.2 Å². The first-order valence-corrected chi connectivity index (χ1v) is 7.18. The molecule has 21 heavy (non-hydrogen) atoms. The van der Waals surface area contributed by atoms with Crippen molar-refractivity contribution in [1.29, 1.82) is 0 Å². The first-order chi connectivity index (χ1) is 10.2. The highest BCUT2D eigenvalue weighted by atomic mass is 16.3. The second kappa shape index (κ2) is 5.87. The summed E-state index contributed by atoms with van der Waals surface area (Å²) < 4.78 is 0. The fourth-order valence-electron chi connectivity index (χ4n) is 2.59. The number of anilines is 2. The van der Waals surface area contributed by atoms with Crippen molar-refractivity contribution in [1.82, 2.24) is 0 Å². The van der Waals surface area contributed by atoms with Crippen LogP contribution in [0.4, 0.5) is 11.4 Å². The number of carbonyl (C=O) groups excluding carboxylic acids is 1. The summed E-state index contributed by atoms with van der Waals surface area (Å²) in [5, 5.41) is 12.2. The first kappa shape index (κ1) is 13.5. The maximum absolute atomic E-state index is 12.2. The van der Waals surface area contributed by atoms with E-state index in [1.54, 1.807) is 18.2 Å². The van der Waals surface area contributed by atoms with Crippen molar-refractivity contribution < 1.29 is 9.90 Å². The van der Waals surface area contributed by atoms with E-state index < -0.39 is 0 Å². The lowest BCUT2D eigenvalue weighted by molar-refractivity contribution is 0.102. The van der Waals surface area contributed by atoms with Gasteiger partial charge in [-0.05, 0) is 49.2 Å². The summed E-state index contributed by atoms with van der Waals surface area (Å²) >= 11 is 0. The fourth-order valence-corrected chi connectivity index (χ4v) is 2.59. The topological polar surface area (TPSA) is 52.6 Å². The number of carbonyl (C=O) groups is 1. The van der Waals surface area contributed by atoms with Gasteiger partial charge >= 0.3 is 0 Å². The third-order valence-electron chi connectivity index (χ3n) is 3.70. The second-order valence-electron chi connectivity index (χ2n) is 5.25. The Morgan fingerprint density at radius 2 is 1.76 bits per heavy atom. The maximum Gasteiger partial charge on any atom is 0.255 e. The summed E-state index contributed by atoms with van der Waals surface area (Å²) in [5.41, 5.74) is 2.37. The Morgan fingerprint density at radius 3 is 2.43 bits per heavy atom. The fraction of sp³-hybridized carbons (Fsp3) is 0.235. The highest BCUT2D eigenvalue weighted by Gasteiger charge is 2.13. The number of aromatic hydroxyl groups is 1. The summed E-state index contributed by atoms with van der Waals surface area (Å²) in [6.45, 7) is 2.18. The van der Waals surface area contributed by atoms with Gasteiger partial charge in [-0.25, -0.2) is 0 Å². The van der Waals surface area contributed by atoms with E-state index in [2.05, 4.69) is 10.2 Å². The highest BCUT2D eigenvalue weighted by Crippen LogP contribution is 2.21. The SMILES string of the molecule is O=C(Nc1cccc(O)c1)c1ccc(N2CCCC2)cc1. The Morgan fingerprint density at radius 1 is 1.05 bits per heavy atom. The van der Waals surface area contributed by atoms with Gasteiger partial charge in [0.05, 0.1) is 0 Å². The van der Waals surface area contributed by atoms with Crippen molar-refractivity contribution in [3.63, 3.8) is 0 Å². The molecule has 1 aliphatic rings. The Bertz CT molecular complexity index is 631. The predicted octanol–water partition coefficient (Wildman–Crippen LogP) is 3.24. The zero-order valence-electron chi connectivity index (χ0n) is 11.7. The molecule has 0 saturated carbocycles. The van der Waals surface area contributed by atoms with Gasteiger partial charge in [-0.3, -0.25) is 4.79 Å². The average molecular weight is 282 g/mol. The summed E-state index contributed by atoms with van der Waals surface area (Å²) in [6, 6.07) is 14.2. The molecule has 0 aromatic heterocycles. The van der Waals surface area contributed by atoms with Crippen molar-refractivity contribution in [3.8, 4) is 5.75 Å². The van der Waals surface area contributed by atoms with Gasteiger partial charge in [0.2, 0.25) is 0 Å². The molecule has 1 saturated heterocycles. The molecule has 1 amide bonds. The molecule has 1 aliphatic heterocycles.